The van der Waals surface area contributed by atoms with E-state index in [1.165, 1.54) is 0 Å². The highest BCUT2D eigenvalue weighted by atomic mass is 16.7. The molecule has 98 valence electrons. The predicted molar refractivity (Wildman–Crippen MR) is 67.9 cm³/mol. The van der Waals surface area contributed by atoms with Crippen molar-refractivity contribution in [3.8, 4) is 0 Å². The van der Waals surface area contributed by atoms with Crippen LogP contribution in [0.5, 0.6) is 0 Å². The van der Waals surface area contributed by atoms with E-state index >= 15 is 0 Å². The molecule has 1 aliphatic carbocycles. The average molecular weight is 258 g/mol. The number of esters is 2. The third kappa shape index (κ3) is 1.93. The summed E-state index contributed by atoms with van der Waals surface area (Å²) < 4.78 is 10.3. The molecule has 0 N–H and O–H groups in total. The molecule has 0 radical (unpaired) electrons. The first-order chi connectivity index (χ1) is 8.98. The first-order valence-electron chi connectivity index (χ1n) is 6.26. The molecule has 4 heteroatoms. The zero-order chi connectivity index (χ0) is 13.6. The van der Waals surface area contributed by atoms with E-state index in [9.17, 15) is 9.59 Å². The van der Waals surface area contributed by atoms with Gasteiger partial charge in [0.05, 0.1) is 0 Å². The van der Waals surface area contributed by atoms with E-state index in [0.717, 1.165) is 23.1 Å². The lowest BCUT2D eigenvalue weighted by molar-refractivity contribution is -0.222. The van der Waals surface area contributed by atoms with Crippen LogP contribution in [-0.2, 0) is 25.5 Å². The first kappa shape index (κ1) is 12.0. The van der Waals surface area contributed by atoms with Crippen LogP contribution in [0.2, 0.25) is 0 Å². The number of carbonyl (C=O) groups excluding carboxylic acids is 2. The Kier molecular flexibility index (Phi) is 2.49. The van der Waals surface area contributed by atoms with Gasteiger partial charge in [0.15, 0.2) is 0 Å². The second-order valence-corrected chi connectivity index (χ2v) is 5.19. The maximum absolute atomic E-state index is 12.0. The van der Waals surface area contributed by atoms with Gasteiger partial charge in [-0.3, -0.25) is 0 Å². The lowest BCUT2D eigenvalue weighted by atomic mass is 10.0. The second kappa shape index (κ2) is 3.95. The normalized spacial score (nSPS) is 20.9. The fourth-order valence-electron chi connectivity index (χ4n) is 2.59. The minimum Gasteiger partial charge on any atom is -0.419 e. The molecular formula is C15H14O4. The number of benzene rings is 1. The number of aryl methyl sites for hydroxylation is 1. The Morgan fingerprint density at radius 3 is 2.32 bits per heavy atom. The van der Waals surface area contributed by atoms with Crippen LogP contribution < -0.4 is 0 Å². The van der Waals surface area contributed by atoms with Gasteiger partial charge in [-0.25, -0.2) is 9.59 Å². The SMILES string of the molecule is CC1(C)OC(=O)C(=C2CCc3ccccc32)C(=O)O1. The summed E-state index contributed by atoms with van der Waals surface area (Å²) >= 11 is 0. The van der Waals surface area contributed by atoms with Crippen molar-refractivity contribution in [2.24, 2.45) is 0 Å². The Morgan fingerprint density at radius 2 is 1.63 bits per heavy atom. The summed E-state index contributed by atoms with van der Waals surface area (Å²) in [6.07, 6.45) is 1.50. The highest BCUT2D eigenvalue weighted by molar-refractivity contribution is 6.21. The first-order valence-corrected chi connectivity index (χ1v) is 6.26. The summed E-state index contributed by atoms with van der Waals surface area (Å²) in [5.41, 5.74) is 2.88. The fraction of sp³-hybridized carbons (Fsp3) is 0.333. The van der Waals surface area contributed by atoms with Crippen molar-refractivity contribution in [2.75, 3.05) is 0 Å². The van der Waals surface area contributed by atoms with Crippen molar-refractivity contribution in [1.82, 2.24) is 0 Å². The van der Waals surface area contributed by atoms with E-state index in [0.29, 0.717) is 6.42 Å². The van der Waals surface area contributed by atoms with Crippen LogP contribution in [0, 0.1) is 0 Å². The number of allylic oxidation sites excluding steroid dienone is 1. The molecule has 3 rings (SSSR count). The van der Waals surface area contributed by atoms with E-state index in [1.54, 1.807) is 13.8 Å². The monoisotopic (exact) mass is 258 g/mol. The molecule has 2 aliphatic rings. The molecule has 4 nitrogen and oxygen atoms in total. The summed E-state index contributed by atoms with van der Waals surface area (Å²) in [7, 11) is 0. The molecule has 1 fully saturated rings. The van der Waals surface area contributed by atoms with Crippen molar-refractivity contribution in [3.63, 3.8) is 0 Å². The maximum atomic E-state index is 12.0. The van der Waals surface area contributed by atoms with Crippen molar-refractivity contribution >= 4 is 17.5 Å². The Labute approximate surface area is 111 Å². The van der Waals surface area contributed by atoms with Crippen molar-refractivity contribution in [2.45, 2.75) is 32.5 Å². The van der Waals surface area contributed by atoms with Crippen molar-refractivity contribution in [1.29, 1.82) is 0 Å². The Morgan fingerprint density at radius 1 is 1.00 bits per heavy atom. The minimum absolute atomic E-state index is 0.0456. The Balaban J connectivity index is 2.10. The maximum Gasteiger partial charge on any atom is 0.349 e. The van der Waals surface area contributed by atoms with Gasteiger partial charge in [0.2, 0.25) is 0 Å². The van der Waals surface area contributed by atoms with Gasteiger partial charge in [0, 0.05) is 13.8 Å². The molecule has 0 bridgehead atoms. The van der Waals surface area contributed by atoms with Gasteiger partial charge in [-0.05, 0) is 29.5 Å². The third-order valence-electron chi connectivity index (χ3n) is 3.37. The topological polar surface area (TPSA) is 52.6 Å². The van der Waals surface area contributed by atoms with Gasteiger partial charge < -0.3 is 9.47 Å². The smallest absolute Gasteiger partial charge is 0.349 e. The number of hydrogen-bond donors (Lipinski definition) is 0. The molecule has 0 saturated carbocycles. The minimum atomic E-state index is -1.18. The van der Waals surface area contributed by atoms with Gasteiger partial charge in [0.1, 0.15) is 5.57 Å². The lowest BCUT2D eigenvalue weighted by Gasteiger charge is -2.30. The Hall–Kier alpha value is -2.10. The quantitative estimate of drug-likeness (QED) is 0.407. The summed E-state index contributed by atoms with van der Waals surface area (Å²) in [5, 5.41) is 0. The predicted octanol–water partition coefficient (Wildman–Crippen LogP) is 2.22. The van der Waals surface area contributed by atoms with E-state index in [2.05, 4.69) is 0 Å². The van der Waals surface area contributed by atoms with Crippen LogP contribution in [0.4, 0.5) is 0 Å². The number of hydrogen-bond acceptors (Lipinski definition) is 4. The second-order valence-electron chi connectivity index (χ2n) is 5.19. The van der Waals surface area contributed by atoms with Gasteiger partial charge in [-0.2, -0.15) is 0 Å². The fourth-order valence-corrected chi connectivity index (χ4v) is 2.59. The Bertz CT molecular complexity index is 588. The van der Waals surface area contributed by atoms with Gasteiger partial charge >= 0.3 is 11.9 Å². The largest absolute Gasteiger partial charge is 0.419 e. The van der Waals surface area contributed by atoms with Crippen molar-refractivity contribution in [3.05, 3.63) is 41.0 Å². The van der Waals surface area contributed by atoms with Crippen LogP contribution in [0.15, 0.2) is 29.8 Å². The van der Waals surface area contributed by atoms with Gasteiger partial charge in [-0.15, -0.1) is 0 Å². The molecule has 0 aromatic heterocycles. The van der Waals surface area contributed by atoms with E-state index in [4.69, 9.17) is 9.47 Å². The zero-order valence-corrected chi connectivity index (χ0v) is 10.9. The molecule has 0 amide bonds. The summed E-state index contributed by atoms with van der Waals surface area (Å²) in [5.74, 6) is -2.36. The molecule has 0 unspecified atom stereocenters. The molecule has 1 aromatic rings. The summed E-state index contributed by atoms with van der Waals surface area (Å²) in [6.45, 7) is 3.10. The molecule has 0 atom stereocenters. The van der Waals surface area contributed by atoms with E-state index in [-0.39, 0.29) is 5.57 Å². The molecule has 1 aliphatic heterocycles. The van der Waals surface area contributed by atoms with Crippen LogP contribution in [0.1, 0.15) is 31.4 Å². The summed E-state index contributed by atoms with van der Waals surface area (Å²) in [6, 6.07) is 7.78. The molecule has 0 spiro atoms. The standard InChI is InChI=1S/C15H14O4/c1-15(2)18-13(16)12(14(17)19-15)11-8-7-9-5-3-4-6-10(9)11/h3-6H,7-8H2,1-2H3. The van der Waals surface area contributed by atoms with E-state index in [1.807, 2.05) is 24.3 Å². The number of carbonyl (C=O) groups is 2. The number of rotatable bonds is 0. The van der Waals surface area contributed by atoms with Crippen LogP contribution in [0.25, 0.3) is 5.57 Å². The van der Waals surface area contributed by atoms with Gasteiger partial charge in [-0.1, -0.05) is 24.3 Å². The molecule has 1 saturated heterocycles. The van der Waals surface area contributed by atoms with Crippen LogP contribution in [0.3, 0.4) is 0 Å². The molecule has 19 heavy (non-hydrogen) atoms. The highest BCUT2D eigenvalue weighted by Crippen LogP contribution is 2.37. The molecular weight excluding hydrogens is 244 g/mol. The lowest BCUT2D eigenvalue weighted by Crippen LogP contribution is -2.42. The van der Waals surface area contributed by atoms with Crippen LogP contribution in [-0.4, -0.2) is 17.7 Å². The molecule has 1 aromatic carbocycles. The zero-order valence-electron chi connectivity index (χ0n) is 10.9. The van der Waals surface area contributed by atoms with Gasteiger partial charge in [0.25, 0.3) is 5.79 Å². The molecule has 1 heterocycles. The van der Waals surface area contributed by atoms with Crippen LogP contribution >= 0.6 is 0 Å². The number of ether oxygens (including phenoxy) is 2. The average Bonchev–Trinajstić information content (AvgIpc) is 2.71. The third-order valence-corrected chi connectivity index (χ3v) is 3.37. The number of cyclic esters (lactones) is 2. The van der Waals surface area contributed by atoms with Crippen molar-refractivity contribution < 1.29 is 19.1 Å². The van der Waals surface area contributed by atoms with E-state index < -0.39 is 17.7 Å². The summed E-state index contributed by atoms with van der Waals surface area (Å²) in [4.78, 5) is 24.1. The number of fused-ring (bicyclic) bond motifs is 1. The highest BCUT2D eigenvalue weighted by Gasteiger charge is 2.41.